The van der Waals surface area contributed by atoms with Crippen molar-refractivity contribution in [2.45, 2.75) is 0 Å². The fourth-order valence-electron chi connectivity index (χ4n) is 0. The maximum Gasteiger partial charge on any atom is 0 e. The van der Waals surface area contributed by atoms with Crippen LogP contribution in [0.2, 0.25) is 0 Å². The van der Waals surface area contributed by atoms with Crippen molar-refractivity contribution in [2.24, 2.45) is 0 Å². The number of rotatable bonds is 0. The molecule has 0 atom stereocenters. The van der Waals surface area contributed by atoms with E-state index in [1.54, 1.807) is 0 Å². The molecule has 0 nitrogen and oxygen atoms in total. The third-order valence-corrected chi connectivity index (χ3v) is 0. The van der Waals surface area contributed by atoms with Gasteiger partial charge >= 0.3 is 0 Å². The van der Waals surface area contributed by atoms with Crippen LogP contribution in [-0.4, -0.2) is 77.5 Å². The van der Waals surface area contributed by atoms with E-state index in [1.165, 1.54) is 0 Å². The number of hydrogen-bond donors (Lipinski definition) is 0. The van der Waals surface area contributed by atoms with E-state index < -0.39 is 0 Å². The average molecular weight is 485 g/mol. The zero-order chi connectivity index (χ0) is 0. The van der Waals surface area contributed by atoms with Gasteiger partial charge in [0, 0.05) is 119 Å². The molecule has 0 aliphatic rings. The van der Waals surface area contributed by atoms with Gasteiger partial charge in [0.2, 0.25) is 0 Å². The molecule has 0 spiro atoms. The molecule has 0 bridgehead atoms. The Morgan fingerprint density at radius 3 is 0.500 bits per heavy atom. The van der Waals surface area contributed by atoms with Crippen molar-refractivity contribution in [2.75, 3.05) is 0 Å². The van der Waals surface area contributed by atoms with Gasteiger partial charge in [-0.1, -0.05) is 0 Å². The first-order valence-electron chi connectivity index (χ1n) is 0. The van der Waals surface area contributed by atoms with Gasteiger partial charge in [0.05, 0.1) is 0 Å². The molecule has 0 aromatic rings. The Kier molecular flexibility index (Phi) is 96.8. The van der Waals surface area contributed by atoms with Crippen molar-refractivity contribution in [1.82, 2.24) is 0 Å². The second kappa shape index (κ2) is 15.8. The Morgan fingerprint density at radius 1 is 0.500 bits per heavy atom. The minimum absolute atomic E-state index is 0. The van der Waals surface area contributed by atoms with E-state index in [-0.39, 0.29) is 119 Å². The molecule has 12 valence electrons. The molecule has 0 rings (SSSR count). The summed E-state index contributed by atoms with van der Waals surface area (Å²) >= 11 is 0. The molecule has 0 fully saturated rings. The summed E-state index contributed by atoms with van der Waals surface area (Å²) in [6.07, 6.45) is 0. The summed E-state index contributed by atoms with van der Waals surface area (Å²) in [7, 11) is 0. The molecule has 0 heterocycles. The molecule has 0 unspecified atom stereocenters. The quantitative estimate of drug-likeness (QED) is 0.407. The van der Waals surface area contributed by atoms with Gasteiger partial charge in [-0.2, -0.15) is 0 Å². The summed E-state index contributed by atoms with van der Waals surface area (Å²) in [5.74, 6) is 0. The van der Waals surface area contributed by atoms with Gasteiger partial charge < -0.3 is 0 Å². The maximum atomic E-state index is 0. The van der Waals surface area contributed by atoms with Gasteiger partial charge in [0.15, 0.2) is 0 Å². The third kappa shape index (κ3) is 9.36. The smallest absolute Gasteiger partial charge is 0 e. The van der Waals surface area contributed by atoms with Crippen LogP contribution in [0.25, 0.3) is 0 Å². The van der Waals surface area contributed by atoms with Gasteiger partial charge in [-0.15, -0.1) is 0 Å². The summed E-state index contributed by atoms with van der Waals surface area (Å²) in [4.78, 5) is 0. The monoisotopic (exact) mass is 486 g/mol. The number of hydrogen-bond acceptors (Lipinski definition) is 0. The summed E-state index contributed by atoms with van der Waals surface area (Å²) in [6.45, 7) is 0. The molecular weight excluding hydrogens is 485 g/mol. The van der Waals surface area contributed by atoms with E-state index in [1.807, 2.05) is 0 Å². The van der Waals surface area contributed by atoms with E-state index >= 15 is 0 Å². The summed E-state index contributed by atoms with van der Waals surface area (Å²) in [5, 5.41) is 0. The second-order valence-corrected chi connectivity index (χ2v) is 0. The molecule has 0 aliphatic carbocycles. The van der Waals surface area contributed by atoms with Crippen molar-refractivity contribution >= 4 is 77.5 Å². The van der Waals surface area contributed by atoms with E-state index in [2.05, 4.69) is 0 Å². The van der Waals surface area contributed by atoms with Crippen LogP contribution in [0.5, 0.6) is 0 Å². The minimum Gasteiger partial charge on any atom is 0 e. The molecule has 0 saturated carbocycles. The second-order valence-electron chi connectivity index (χ2n) is 0. The first-order chi connectivity index (χ1) is 0. The molecule has 0 N–H and O–H groups in total. The molecule has 0 aliphatic heterocycles. The van der Waals surface area contributed by atoms with Gasteiger partial charge in [-0.3, -0.25) is 0 Å². The largest absolute Gasteiger partial charge is 0 e. The molecule has 0 aromatic carbocycles. The Hall–Kier alpha value is 3.97. The Balaban J connectivity index is 0. The van der Waals surface area contributed by atoms with Crippen molar-refractivity contribution in [3.63, 3.8) is 0 Å². The average Bonchev–Trinajstić information content (AvgIpc) is 0. The maximum absolute atomic E-state index is 0. The van der Waals surface area contributed by atoms with Crippen molar-refractivity contribution < 1.29 is 41.3 Å². The molecule has 0 aromatic heterocycles. The molecule has 4 heavy (non-hydrogen) atoms. The zero-order valence-electron chi connectivity index (χ0n) is 2.31. The van der Waals surface area contributed by atoms with E-state index in [0.717, 1.165) is 0 Å². The first-order valence-corrected chi connectivity index (χ1v) is 0. The third-order valence-electron chi connectivity index (χ3n) is 0. The Labute approximate surface area is 116 Å². The molecule has 0 saturated heterocycles. The minimum atomic E-state index is 0. The van der Waals surface area contributed by atoms with Crippen LogP contribution in [0.4, 0.5) is 0 Å². The molecule has 0 amide bonds. The standard InChI is InChI=1S/3In.Pr. The SMILES string of the molecule is [In].[In].[In].[Pr]. The van der Waals surface area contributed by atoms with Crippen LogP contribution >= 0.6 is 0 Å². The van der Waals surface area contributed by atoms with Crippen LogP contribution in [0.15, 0.2) is 0 Å². The predicted molar refractivity (Wildman–Crippen MR) is 17.3 cm³/mol. The van der Waals surface area contributed by atoms with E-state index in [4.69, 9.17) is 0 Å². The van der Waals surface area contributed by atoms with E-state index in [9.17, 15) is 0 Å². The van der Waals surface area contributed by atoms with Crippen LogP contribution in [0.3, 0.4) is 0 Å². The zero-order valence-corrected chi connectivity index (χ0v) is 15.9. The fraction of sp³-hybridized carbons (Fsp3) is 0. The summed E-state index contributed by atoms with van der Waals surface area (Å²) < 4.78 is 0. The van der Waals surface area contributed by atoms with Gasteiger partial charge in [-0.05, 0) is 0 Å². The first kappa shape index (κ1) is 24.6. The predicted octanol–water partition coefficient (Wildman–Crippen LogP) is -1.14. The van der Waals surface area contributed by atoms with Crippen molar-refractivity contribution in [3.05, 3.63) is 0 Å². The van der Waals surface area contributed by atoms with Crippen LogP contribution in [0, 0.1) is 41.3 Å². The van der Waals surface area contributed by atoms with Gasteiger partial charge in [-0.25, -0.2) is 0 Å². The van der Waals surface area contributed by atoms with Gasteiger partial charge in [0.1, 0.15) is 0 Å². The molecular formula is In3Pr. The topological polar surface area (TPSA) is 0 Å². The fourth-order valence-corrected chi connectivity index (χ4v) is 0. The van der Waals surface area contributed by atoms with Crippen molar-refractivity contribution in [3.8, 4) is 0 Å². The van der Waals surface area contributed by atoms with E-state index in [0.29, 0.717) is 0 Å². The summed E-state index contributed by atoms with van der Waals surface area (Å²) in [6, 6.07) is 0. The Bertz CT molecular complexity index is 3.25. The molecule has 10 radical (unpaired) electrons. The van der Waals surface area contributed by atoms with Crippen LogP contribution < -0.4 is 0 Å². The summed E-state index contributed by atoms with van der Waals surface area (Å²) in [5.41, 5.74) is 0. The van der Waals surface area contributed by atoms with Crippen LogP contribution in [0.1, 0.15) is 0 Å². The van der Waals surface area contributed by atoms with Crippen molar-refractivity contribution in [1.29, 1.82) is 0 Å². The Morgan fingerprint density at radius 2 is 0.500 bits per heavy atom. The normalized spacial score (nSPS) is 0. The van der Waals surface area contributed by atoms with Gasteiger partial charge in [0.25, 0.3) is 0 Å². The van der Waals surface area contributed by atoms with Crippen LogP contribution in [-0.2, 0) is 0 Å². The molecule has 4 heteroatoms.